The first-order chi connectivity index (χ1) is 10.1. The van der Waals surface area contributed by atoms with Crippen molar-refractivity contribution in [2.24, 2.45) is 0 Å². The zero-order valence-corrected chi connectivity index (χ0v) is 13.8. The van der Waals surface area contributed by atoms with Gasteiger partial charge in [-0.2, -0.15) is 0 Å². The van der Waals surface area contributed by atoms with Crippen LogP contribution in [-0.2, 0) is 0 Å². The lowest BCUT2D eigenvalue weighted by atomic mass is 9.77. The van der Waals surface area contributed by atoms with E-state index < -0.39 is 0 Å². The van der Waals surface area contributed by atoms with E-state index in [1.807, 2.05) is 12.1 Å². The number of piperidine rings is 1. The smallest absolute Gasteiger partial charge is 0.141 e. The lowest BCUT2D eigenvalue weighted by Crippen LogP contribution is -2.34. The molecule has 0 bridgehead atoms. The Morgan fingerprint density at radius 3 is 2.67 bits per heavy atom. The van der Waals surface area contributed by atoms with Gasteiger partial charge >= 0.3 is 0 Å². The molecule has 1 aliphatic heterocycles. The zero-order chi connectivity index (χ0) is 14.8. The molecule has 0 radical (unpaired) electrons. The third kappa shape index (κ3) is 3.31. The van der Waals surface area contributed by atoms with Crippen molar-refractivity contribution >= 4 is 27.5 Å². The van der Waals surface area contributed by atoms with Crippen molar-refractivity contribution < 1.29 is 4.39 Å². The fraction of sp³-hybridized carbons (Fsp3) is 0.294. The van der Waals surface area contributed by atoms with E-state index in [0.717, 1.165) is 29.5 Å². The van der Waals surface area contributed by atoms with Crippen LogP contribution in [0.25, 0.3) is 0 Å². The van der Waals surface area contributed by atoms with E-state index in [0.29, 0.717) is 11.8 Å². The van der Waals surface area contributed by atoms with E-state index >= 15 is 0 Å². The summed E-state index contributed by atoms with van der Waals surface area (Å²) >= 11 is 9.49. The molecule has 0 amide bonds. The number of hydrogen-bond donors (Lipinski definition) is 1. The van der Waals surface area contributed by atoms with Crippen molar-refractivity contribution in [3.63, 3.8) is 0 Å². The highest BCUT2D eigenvalue weighted by molar-refractivity contribution is 9.10. The minimum atomic E-state index is -0.353. The van der Waals surface area contributed by atoms with Gasteiger partial charge in [-0.15, -0.1) is 0 Å². The number of benzene rings is 2. The number of halogens is 3. The average Bonchev–Trinajstić information content (AvgIpc) is 2.50. The van der Waals surface area contributed by atoms with E-state index in [4.69, 9.17) is 11.6 Å². The van der Waals surface area contributed by atoms with Gasteiger partial charge in [-0.1, -0.05) is 45.7 Å². The van der Waals surface area contributed by atoms with Crippen LogP contribution in [0.3, 0.4) is 0 Å². The van der Waals surface area contributed by atoms with Gasteiger partial charge in [-0.05, 0) is 54.3 Å². The van der Waals surface area contributed by atoms with Gasteiger partial charge in [0, 0.05) is 16.9 Å². The van der Waals surface area contributed by atoms with Crippen LogP contribution in [0.5, 0.6) is 0 Å². The standard InChI is InChI=1S/C17H16BrClFN/c18-13-3-1-2-11(8-13)15-10-21-7-6-14(15)12-4-5-17(20)16(19)9-12/h1-5,8-9,14-15,21H,6-7,10H2. The summed E-state index contributed by atoms with van der Waals surface area (Å²) in [5.41, 5.74) is 2.41. The van der Waals surface area contributed by atoms with Gasteiger partial charge in [-0.3, -0.25) is 0 Å². The third-order valence-electron chi connectivity index (χ3n) is 4.13. The molecule has 0 aromatic heterocycles. The average molecular weight is 369 g/mol. The second-order valence-electron chi connectivity index (χ2n) is 5.43. The van der Waals surface area contributed by atoms with Crippen LogP contribution < -0.4 is 5.32 Å². The summed E-state index contributed by atoms with van der Waals surface area (Å²) in [5, 5.41) is 3.66. The van der Waals surface area contributed by atoms with Gasteiger partial charge in [0.25, 0.3) is 0 Å². The highest BCUT2D eigenvalue weighted by atomic mass is 79.9. The predicted octanol–water partition coefficient (Wildman–Crippen LogP) is 5.10. The van der Waals surface area contributed by atoms with Gasteiger partial charge in [0.1, 0.15) is 5.82 Å². The maximum atomic E-state index is 13.4. The van der Waals surface area contributed by atoms with Crippen molar-refractivity contribution in [3.05, 3.63) is 68.9 Å². The SMILES string of the molecule is Fc1ccc(C2CCNCC2c2cccc(Br)c2)cc1Cl. The maximum Gasteiger partial charge on any atom is 0.141 e. The van der Waals surface area contributed by atoms with Crippen molar-refractivity contribution in [1.82, 2.24) is 5.32 Å². The molecule has 1 fully saturated rings. The summed E-state index contributed by atoms with van der Waals surface area (Å²) in [4.78, 5) is 0. The van der Waals surface area contributed by atoms with Crippen molar-refractivity contribution in [1.29, 1.82) is 0 Å². The Morgan fingerprint density at radius 2 is 1.90 bits per heavy atom. The van der Waals surface area contributed by atoms with Crippen LogP contribution in [0.1, 0.15) is 29.4 Å². The second-order valence-corrected chi connectivity index (χ2v) is 6.76. The summed E-state index contributed by atoms with van der Waals surface area (Å²) in [6.45, 7) is 1.90. The minimum Gasteiger partial charge on any atom is -0.316 e. The molecule has 2 aromatic carbocycles. The van der Waals surface area contributed by atoms with Crippen LogP contribution in [-0.4, -0.2) is 13.1 Å². The van der Waals surface area contributed by atoms with Crippen molar-refractivity contribution in [2.75, 3.05) is 13.1 Å². The van der Waals surface area contributed by atoms with Gasteiger partial charge in [-0.25, -0.2) is 4.39 Å². The third-order valence-corrected chi connectivity index (χ3v) is 4.91. The van der Waals surface area contributed by atoms with Crippen LogP contribution in [0.2, 0.25) is 5.02 Å². The molecule has 2 unspecified atom stereocenters. The molecule has 1 nitrogen and oxygen atoms in total. The monoisotopic (exact) mass is 367 g/mol. The molecule has 1 N–H and O–H groups in total. The Labute approximate surface area is 137 Å². The second kappa shape index (κ2) is 6.47. The summed E-state index contributed by atoms with van der Waals surface area (Å²) in [7, 11) is 0. The van der Waals surface area contributed by atoms with E-state index in [2.05, 4.69) is 39.4 Å². The lowest BCUT2D eigenvalue weighted by Gasteiger charge is -2.33. The Kier molecular flexibility index (Phi) is 4.63. The number of nitrogens with one attached hydrogen (secondary N) is 1. The molecule has 2 atom stereocenters. The molecule has 110 valence electrons. The number of hydrogen-bond acceptors (Lipinski definition) is 1. The van der Waals surface area contributed by atoms with Gasteiger partial charge in [0.15, 0.2) is 0 Å². The first-order valence-electron chi connectivity index (χ1n) is 7.06. The first-order valence-corrected chi connectivity index (χ1v) is 8.23. The first kappa shape index (κ1) is 15.0. The molecule has 1 heterocycles. The summed E-state index contributed by atoms with van der Waals surface area (Å²) in [5.74, 6) is 0.379. The molecular weight excluding hydrogens is 353 g/mol. The van der Waals surface area contributed by atoms with Gasteiger partial charge in [0.05, 0.1) is 5.02 Å². The van der Waals surface area contributed by atoms with Crippen molar-refractivity contribution in [3.8, 4) is 0 Å². The zero-order valence-electron chi connectivity index (χ0n) is 11.5. The molecule has 0 aliphatic carbocycles. The molecule has 1 aliphatic rings. The predicted molar refractivity (Wildman–Crippen MR) is 88.5 cm³/mol. The lowest BCUT2D eigenvalue weighted by molar-refractivity contribution is 0.403. The highest BCUT2D eigenvalue weighted by Gasteiger charge is 2.28. The summed E-state index contributed by atoms with van der Waals surface area (Å²) < 4.78 is 14.5. The molecule has 0 spiro atoms. The van der Waals surface area contributed by atoms with Crippen LogP contribution in [0.4, 0.5) is 4.39 Å². The maximum absolute atomic E-state index is 13.4. The largest absolute Gasteiger partial charge is 0.316 e. The minimum absolute atomic E-state index is 0.207. The molecule has 0 saturated carbocycles. The van der Waals surface area contributed by atoms with Crippen LogP contribution in [0.15, 0.2) is 46.9 Å². The summed E-state index contributed by atoms with van der Waals surface area (Å²) in [6, 6.07) is 13.5. The van der Waals surface area contributed by atoms with E-state index in [-0.39, 0.29) is 10.8 Å². The van der Waals surface area contributed by atoms with Gasteiger partial charge < -0.3 is 5.32 Å². The topological polar surface area (TPSA) is 12.0 Å². The number of rotatable bonds is 2. The van der Waals surface area contributed by atoms with E-state index in [1.165, 1.54) is 11.6 Å². The molecule has 3 rings (SSSR count). The molecule has 21 heavy (non-hydrogen) atoms. The highest BCUT2D eigenvalue weighted by Crippen LogP contribution is 2.38. The fourth-order valence-corrected chi connectivity index (χ4v) is 3.69. The van der Waals surface area contributed by atoms with Crippen molar-refractivity contribution in [2.45, 2.75) is 18.3 Å². The van der Waals surface area contributed by atoms with Gasteiger partial charge in [0.2, 0.25) is 0 Å². The molecular formula is C17H16BrClFN. The Balaban J connectivity index is 1.96. The summed E-state index contributed by atoms with van der Waals surface area (Å²) in [6.07, 6.45) is 1.03. The van der Waals surface area contributed by atoms with E-state index in [9.17, 15) is 4.39 Å². The van der Waals surface area contributed by atoms with Crippen LogP contribution in [0, 0.1) is 5.82 Å². The van der Waals surface area contributed by atoms with E-state index in [1.54, 1.807) is 6.07 Å². The molecule has 1 saturated heterocycles. The normalized spacial score (nSPS) is 22.2. The van der Waals surface area contributed by atoms with Crippen LogP contribution >= 0.6 is 27.5 Å². The Morgan fingerprint density at radius 1 is 1.10 bits per heavy atom. The fourth-order valence-electron chi connectivity index (χ4n) is 3.09. The molecule has 2 aromatic rings. The Bertz CT molecular complexity index is 646. The molecule has 4 heteroatoms. The Hall–Kier alpha value is -0.900. The quantitative estimate of drug-likeness (QED) is 0.777.